The van der Waals surface area contributed by atoms with Crippen molar-refractivity contribution < 1.29 is 31.5 Å². The van der Waals surface area contributed by atoms with Crippen molar-refractivity contribution in [2.75, 3.05) is 13.2 Å². The van der Waals surface area contributed by atoms with Gasteiger partial charge in [-0.1, -0.05) is 194 Å². The molecule has 0 heterocycles. The van der Waals surface area contributed by atoms with Gasteiger partial charge in [0.1, 0.15) is 0 Å². The lowest BCUT2D eigenvalue weighted by Crippen LogP contribution is -2.48. The lowest BCUT2D eigenvalue weighted by atomic mass is 9.89. The third kappa shape index (κ3) is 29.4. The maximum absolute atomic E-state index is 13.3. The standard InChI is InChI=1S/C41H80O7S/c1-4-6-8-10-12-14-16-18-20-22-24-26-28-30-32-35-39(43)41(3,48-49(45,46)47-38-34-37-42)40(44)36-33-31-29-27-25-23-21-19-17-15-13-11-9-7-5-2/h42H,4-38H2,1-3H3. The van der Waals surface area contributed by atoms with Gasteiger partial charge in [-0.05, 0) is 26.2 Å². The van der Waals surface area contributed by atoms with Crippen LogP contribution in [0.25, 0.3) is 0 Å². The van der Waals surface area contributed by atoms with E-state index in [9.17, 15) is 18.0 Å². The smallest absolute Gasteiger partial charge is 0.396 e. The molecule has 0 atom stereocenters. The Bertz CT molecular complexity index is 812. The monoisotopic (exact) mass is 717 g/mol. The van der Waals surface area contributed by atoms with Gasteiger partial charge in [0.25, 0.3) is 0 Å². The molecule has 0 fully saturated rings. The summed E-state index contributed by atoms with van der Waals surface area (Å²) in [4.78, 5) is 26.6. The van der Waals surface area contributed by atoms with Gasteiger partial charge >= 0.3 is 10.4 Å². The fraction of sp³-hybridized carbons (Fsp3) is 0.951. The van der Waals surface area contributed by atoms with E-state index in [-0.39, 0.29) is 32.5 Å². The Kier molecular flexibility index (Phi) is 33.7. The summed E-state index contributed by atoms with van der Waals surface area (Å²) < 4.78 is 35.1. The van der Waals surface area contributed by atoms with Crippen LogP contribution in [0.4, 0.5) is 0 Å². The molecule has 0 aromatic carbocycles. The minimum Gasteiger partial charge on any atom is -0.396 e. The van der Waals surface area contributed by atoms with Crippen molar-refractivity contribution >= 4 is 22.0 Å². The molecule has 0 bridgehead atoms. The van der Waals surface area contributed by atoms with Crippen molar-refractivity contribution in [1.29, 1.82) is 0 Å². The van der Waals surface area contributed by atoms with Crippen LogP contribution in [0.5, 0.6) is 0 Å². The largest absolute Gasteiger partial charge is 0.401 e. The summed E-state index contributed by atoms with van der Waals surface area (Å²) in [7, 11) is -4.57. The highest BCUT2D eigenvalue weighted by Gasteiger charge is 2.45. The molecule has 0 aliphatic heterocycles. The number of aliphatic hydroxyl groups is 1. The summed E-state index contributed by atoms with van der Waals surface area (Å²) in [5.74, 6) is -0.995. The fourth-order valence-electron chi connectivity index (χ4n) is 6.49. The molecule has 8 heteroatoms. The number of carbonyl (C=O) groups is 2. The van der Waals surface area contributed by atoms with Gasteiger partial charge < -0.3 is 5.11 Å². The fourth-order valence-corrected chi connectivity index (χ4v) is 7.46. The van der Waals surface area contributed by atoms with Crippen LogP contribution >= 0.6 is 0 Å². The number of hydrogen-bond donors (Lipinski definition) is 1. The highest BCUT2D eigenvalue weighted by Crippen LogP contribution is 2.25. The molecule has 1 N–H and O–H groups in total. The van der Waals surface area contributed by atoms with Gasteiger partial charge in [0.2, 0.25) is 5.60 Å². The van der Waals surface area contributed by atoms with Crippen LogP contribution in [-0.4, -0.2) is 43.9 Å². The quantitative estimate of drug-likeness (QED) is 0.0497. The Morgan fingerprint density at radius 2 is 0.735 bits per heavy atom. The van der Waals surface area contributed by atoms with Crippen molar-refractivity contribution in [3.63, 3.8) is 0 Å². The van der Waals surface area contributed by atoms with E-state index in [1.54, 1.807) is 0 Å². The van der Waals surface area contributed by atoms with Gasteiger partial charge in [-0.15, -0.1) is 0 Å². The molecule has 0 unspecified atom stereocenters. The Balaban J connectivity index is 4.37. The van der Waals surface area contributed by atoms with Crippen LogP contribution in [-0.2, 0) is 28.4 Å². The zero-order chi connectivity index (χ0) is 36.3. The summed E-state index contributed by atoms with van der Waals surface area (Å²) in [6, 6.07) is 0. The molecule has 0 amide bonds. The Morgan fingerprint density at radius 3 is 1.00 bits per heavy atom. The summed E-state index contributed by atoms with van der Waals surface area (Å²) >= 11 is 0. The molecule has 0 aliphatic rings. The maximum Gasteiger partial charge on any atom is 0.401 e. The third-order valence-electron chi connectivity index (χ3n) is 9.88. The van der Waals surface area contributed by atoms with Gasteiger partial charge in [-0.2, -0.15) is 8.42 Å². The predicted molar refractivity (Wildman–Crippen MR) is 205 cm³/mol. The number of carbonyl (C=O) groups excluding carboxylic acids is 2. The van der Waals surface area contributed by atoms with Gasteiger partial charge in [0, 0.05) is 19.4 Å². The summed E-state index contributed by atoms with van der Waals surface area (Å²) in [5, 5.41) is 8.97. The highest BCUT2D eigenvalue weighted by atomic mass is 32.3. The van der Waals surface area contributed by atoms with E-state index >= 15 is 0 Å². The van der Waals surface area contributed by atoms with E-state index < -0.39 is 27.6 Å². The average molecular weight is 717 g/mol. The lowest BCUT2D eigenvalue weighted by molar-refractivity contribution is -0.146. The molecule has 49 heavy (non-hydrogen) atoms. The molecule has 7 nitrogen and oxygen atoms in total. The maximum atomic E-state index is 13.3. The van der Waals surface area contributed by atoms with Gasteiger partial charge in [0.05, 0.1) is 6.61 Å². The Hall–Kier alpha value is -0.830. The second kappa shape index (κ2) is 34.3. The van der Waals surface area contributed by atoms with Gasteiger partial charge in [0.15, 0.2) is 11.6 Å². The second-order valence-corrected chi connectivity index (χ2v) is 15.9. The molecule has 292 valence electrons. The van der Waals surface area contributed by atoms with Crippen molar-refractivity contribution in [2.45, 2.75) is 238 Å². The first kappa shape index (κ1) is 48.2. The summed E-state index contributed by atoms with van der Waals surface area (Å²) in [6.45, 7) is 5.30. The van der Waals surface area contributed by atoms with E-state index in [0.717, 1.165) is 38.5 Å². The SMILES string of the molecule is CCCCCCCCCCCCCCCCCC(=O)C(C)(OS(=O)(=O)OCCCO)C(=O)CCCCCCCCCCCCCCCCC. The first-order chi connectivity index (χ1) is 23.7. The topological polar surface area (TPSA) is 107 Å². The third-order valence-corrected chi connectivity index (χ3v) is 10.9. The summed E-state index contributed by atoms with van der Waals surface area (Å²) in [5.41, 5.74) is -2.08. The van der Waals surface area contributed by atoms with Crippen molar-refractivity contribution in [3.05, 3.63) is 0 Å². The zero-order valence-electron chi connectivity index (χ0n) is 32.6. The van der Waals surface area contributed by atoms with Crippen LogP contribution in [0.3, 0.4) is 0 Å². The first-order valence-electron chi connectivity index (χ1n) is 21.0. The molecule has 0 aromatic heterocycles. The molecule has 0 saturated heterocycles. The van der Waals surface area contributed by atoms with E-state index in [1.807, 2.05) is 0 Å². The molecule has 0 aromatic rings. The Morgan fingerprint density at radius 1 is 0.469 bits per heavy atom. The summed E-state index contributed by atoms with van der Waals surface area (Å²) in [6.07, 6.45) is 36.7. The normalized spacial score (nSPS) is 12.2. The minimum absolute atomic E-state index is 0.103. The number of ketones is 2. The van der Waals surface area contributed by atoms with Crippen LogP contribution in [0.2, 0.25) is 0 Å². The van der Waals surface area contributed by atoms with Gasteiger partial charge in [-0.3, -0.25) is 9.59 Å². The first-order valence-corrected chi connectivity index (χ1v) is 22.3. The average Bonchev–Trinajstić information content (AvgIpc) is 3.07. The van der Waals surface area contributed by atoms with E-state index in [4.69, 9.17) is 13.5 Å². The van der Waals surface area contributed by atoms with Crippen molar-refractivity contribution in [2.24, 2.45) is 0 Å². The van der Waals surface area contributed by atoms with E-state index in [1.165, 1.54) is 148 Å². The number of Topliss-reactive ketones (excluding diaryl/α,β-unsaturated/α-hetero) is 2. The van der Waals surface area contributed by atoms with Crippen molar-refractivity contribution in [3.8, 4) is 0 Å². The molecule has 0 saturated carbocycles. The number of aliphatic hydroxyl groups excluding tert-OH is 1. The minimum atomic E-state index is -4.57. The second-order valence-electron chi connectivity index (χ2n) is 14.7. The molecule has 0 radical (unpaired) electrons. The number of rotatable bonds is 40. The van der Waals surface area contributed by atoms with Crippen LogP contribution in [0.1, 0.15) is 233 Å². The van der Waals surface area contributed by atoms with E-state index in [0.29, 0.717) is 12.8 Å². The molecule has 0 rings (SSSR count). The Labute approximate surface area is 304 Å². The predicted octanol–water partition coefficient (Wildman–Crippen LogP) is 12.1. The number of hydrogen-bond acceptors (Lipinski definition) is 7. The zero-order valence-corrected chi connectivity index (χ0v) is 33.4. The van der Waals surface area contributed by atoms with Crippen molar-refractivity contribution in [1.82, 2.24) is 0 Å². The molecular formula is C41H80O7S. The molecule has 0 aliphatic carbocycles. The molecule has 0 spiro atoms. The highest BCUT2D eigenvalue weighted by molar-refractivity contribution is 7.82. The molecular weight excluding hydrogens is 637 g/mol. The van der Waals surface area contributed by atoms with Crippen LogP contribution < -0.4 is 0 Å². The number of unbranched alkanes of at least 4 members (excludes halogenated alkanes) is 28. The van der Waals surface area contributed by atoms with E-state index in [2.05, 4.69) is 13.8 Å². The van der Waals surface area contributed by atoms with Crippen LogP contribution in [0, 0.1) is 0 Å². The van der Waals surface area contributed by atoms with Crippen LogP contribution in [0.15, 0.2) is 0 Å². The lowest BCUT2D eigenvalue weighted by Gasteiger charge is -2.26. The van der Waals surface area contributed by atoms with Gasteiger partial charge in [-0.25, -0.2) is 8.37 Å².